The van der Waals surface area contributed by atoms with Gasteiger partial charge in [0.15, 0.2) is 5.65 Å². The highest BCUT2D eigenvalue weighted by Crippen LogP contribution is 2.10. The van der Waals surface area contributed by atoms with E-state index in [1.54, 1.807) is 25.4 Å². The number of halogens is 1. The normalized spacial score (nSPS) is 10.8. The first kappa shape index (κ1) is 14.4. The molecule has 3 aromatic heterocycles. The molecule has 0 atom stereocenters. The SMILES string of the molecule is Cn1ncc2c(=O)n(CC(=O)Nc3ccc(Br)cn3)cnc21. The van der Waals surface area contributed by atoms with Crippen molar-refractivity contribution in [3.63, 3.8) is 0 Å². The molecule has 0 aliphatic heterocycles. The predicted molar refractivity (Wildman–Crippen MR) is 83.3 cm³/mol. The van der Waals surface area contributed by atoms with Gasteiger partial charge in [-0.05, 0) is 28.1 Å². The van der Waals surface area contributed by atoms with Crippen molar-refractivity contribution in [2.45, 2.75) is 6.54 Å². The van der Waals surface area contributed by atoms with E-state index in [0.717, 1.165) is 4.47 Å². The molecule has 3 heterocycles. The number of anilines is 1. The maximum atomic E-state index is 12.2. The summed E-state index contributed by atoms with van der Waals surface area (Å²) in [5, 5.41) is 6.97. The van der Waals surface area contributed by atoms with Crippen LogP contribution in [-0.2, 0) is 18.4 Å². The number of aromatic nitrogens is 5. The first-order valence-corrected chi connectivity index (χ1v) is 7.12. The highest BCUT2D eigenvalue weighted by atomic mass is 79.9. The minimum Gasteiger partial charge on any atom is -0.309 e. The second-order valence-electron chi connectivity index (χ2n) is 4.59. The van der Waals surface area contributed by atoms with E-state index in [2.05, 4.69) is 36.3 Å². The van der Waals surface area contributed by atoms with Crippen molar-refractivity contribution in [3.05, 3.63) is 45.7 Å². The average Bonchev–Trinajstić information content (AvgIpc) is 2.87. The van der Waals surface area contributed by atoms with E-state index >= 15 is 0 Å². The fourth-order valence-corrected chi connectivity index (χ4v) is 2.20. The number of fused-ring (bicyclic) bond motifs is 1. The van der Waals surface area contributed by atoms with E-state index in [4.69, 9.17) is 0 Å². The Morgan fingerprint density at radius 2 is 2.14 bits per heavy atom. The first-order valence-electron chi connectivity index (χ1n) is 6.33. The molecule has 0 bridgehead atoms. The summed E-state index contributed by atoms with van der Waals surface area (Å²) in [5.74, 6) is 0.0543. The van der Waals surface area contributed by atoms with E-state index in [1.807, 2.05) is 0 Å². The average molecular weight is 363 g/mol. The molecule has 0 saturated carbocycles. The zero-order valence-electron chi connectivity index (χ0n) is 11.5. The second kappa shape index (κ2) is 5.68. The zero-order valence-corrected chi connectivity index (χ0v) is 13.1. The number of nitrogens with one attached hydrogen (secondary N) is 1. The summed E-state index contributed by atoms with van der Waals surface area (Å²) in [6.07, 6.45) is 4.35. The van der Waals surface area contributed by atoms with Crippen LogP contribution in [0.5, 0.6) is 0 Å². The second-order valence-corrected chi connectivity index (χ2v) is 5.51. The number of hydrogen-bond acceptors (Lipinski definition) is 5. The third-order valence-corrected chi connectivity index (χ3v) is 3.50. The Kier molecular flexibility index (Phi) is 3.72. The molecule has 0 aliphatic carbocycles. The van der Waals surface area contributed by atoms with Gasteiger partial charge in [-0.15, -0.1) is 0 Å². The monoisotopic (exact) mass is 362 g/mol. The molecule has 0 saturated heterocycles. The summed E-state index contributed by atoms with van der Waals surface area (Å²) in [6.45, 7) is -0.144. The van der Waals surface area contributed by atoms with Gasteiger partial charge in [0.25, 0.3) is 5.56 Å². The maximum Gasteiger partial charge on any atom is 0.264 e. The van der Waals surface area contributed by atoms with Crippen LogP contribution < -0.4 is 10.9 Å². The van der Waals surface area contributed by atoms with Crippen LogP contribution in [0, 0.1) is 0 Å². The maximum absolute atomic E-state index is 12.2. The molecule has 0 fully saturated rings. The molecule has 0 unspecified atom stereocenters. The van der Waals surface area contributed by atoms with Gasteiger partial charge in [0.1, 0.15) is 24.1 Å². The summed E-state index contributed by atoms with van der Waals surface area (Å²) in [4.78, 5) is 32.4. The van der Waals surface area contributed by atoms with Crippen molar-refractivity contribution < 1.29 is 4.79 Å². The topological polar surface area (TPSA) is 94.7 Å². The largest absolute Gasteiger partial charge is 0.309 e. The summed E-state index contributed by atoms with van der Waals surface area (Å²) in [7, 11) is 1.70. The number of nitrogens with zero attached hydrogens (tertiary/aromatic N) is 5. The van der Waals surface area contributed by atoms with Crippen molar-refractivity contribution in [3.8, 4) is 0 Å². The molecule has 0 aromatic carbocycles. The van der Waals surface area contributed by atoms with E-state index in [0.29, 0.717) is 16.9 Å². The van der Waals surface area contributed by atoms with E-state index in [1.165, 1.54) is 21.8 Å². The van der Waals surface area contributed by atoms with Gasteiger partial charge in [0.05, 0.1) is 6.20 Å². The van der Waals surface area contributed by atoms with Crippen LogP contribution in [0.25, 0.3) is 11.0 Å². The first-order chi connectivity index (χ1) is 10.5. The van der Waals surface area contributed by atoms with E-state index in [-0.39, 0.29) is 18.0 Å². The Morgan fingerprint density at radius 1 is 1.32 bits per heavy atom. The van der Waals surface area contributed by atoms with Crippen LogP contribution in [0.1, 0.15) is 0 Å². The molecular formula is C13H11BrN6O2. The lowest BCUT2D eigenvalue weighted by Gasteiger charge is -2.06. The van der Waals surface area contributed by atoms with Gasteiger partial charge in [-0.2, -0.15) is 5.10 Å². The van der Waals surface area contributed by atoms with Gasteiger partial charge < -0.3 is 5.32 Å². The fraction of sp³-hybridized carbons (Fsp3) is 0.154. The molecule has 0 spiro atoms. The molecule has 1 amide bonds. The van der Waals surface area contributed by atoms with Crippen LogP contribution in [0.15, 0.2) is 40.1 Å². The highest BCUT2D eigenvalue weighted by Gasteiger charge is 2.11. The van der Waals surface area contributed by atoms with Gasteiger partial charge >= 0.3 is 0 Å². The molecule has 8 nitrogen and oxygen atoms in total. The molecule has 3 aromatic rings. The number of carbonyl (C=O) groups is 1. The molecular weight excluding hydrogens is 352 g/mol. The zero-order chi connectivity index (χ0) is 15.7. The highest BCUT2D eigenvalue weighted by molar-refractivity contribution is 9.10. The third kappa shape index (κ3) is 2.75. The lowest BCUT2D eigenvalue weighted by Crippen LogP contribution is -2.28. The predicted octanol–water partition coefficient (Wildman–Crippen LogP) is 0.926. The van der Waals surface area contributed by atoms with E-state index < -0.39 is 0 Å². The quantitative estimate of drug-likeness (QED) is 0.747. The lowest BCUT2D eigenvalue weighted by atomic mass is 10.4. The van der Waals surface area contributed by atoms with Crippen LogP contribution in [0.3, 0.4) is 0 Å². The van der Waals surface area contributed by atoms with Gasteiger partial charge in [-0.25, -0.2) is 9.97 Å². The van der Waals surface area contributed by atoms with Crippen LogP contribution in [0.4, 0.5) is 5.82 Å². The lowest BCUT2D eigenvalue weighted by molar-refractivity contribution is -0.116. The van der Waals surface area contributed by atoms with Crippen molar-refractivity contribution in [2.75, 3.05) is 5.32 Å². The Hall–Kier alpha value is -2.55. The number of rotatable bonds is 3. The van der Waals surface area contributed by atoms with Crippen molar-refractivity contribution >= 4 is 38.7 Å². The van der Waals surface area contributed by atoms with Crippen LogP contribution >= 0.6 is 15.9 Å². The fourth-order valence-electron chi connectivity index (χ4n) is 1.97. The van der Waals surface area contributed by atoms with Crippen molar-refractivity contribution in [1.29, 1.82) is 0 Å². The summed E-state index contributed by atoms with van der Waals surface area (Å²) in [6, 6.07) is 3.42. The molecule has 9 heteroatoms. The van der Waals surface area contributed by atoms with Gasteiger partial charge in [0.2, 0.25) is 5.91 Å². The third-order valence-electron chi connectivity index (χ3n) is 3.03. The molecule has 22 heavy (non-hydrogen) atoms. The van der Waals surface area contributed by atoms with Gasteiger partial charge in [0, 0.05) is 17.7 Å². The Balaban J connectivity index is 1.80. The number of carbonyl (C=O) groups excluding carboxylic acids is 1. The minimum absolute atomic E-state index is 0.144. The van der Waals surface area contributed by atoms with Crippen LogP contribution in [-0.4, -0.2) is 30.2 Å². The molecule has 112 valence electrons. The van der Waals surface area contributed by atoms with Crippen LogP contribution in [0.2, 0.25) is 0 Å². The van der Waals surface area contributed by atoms with E-state index in [9.17, 15) is 9.59 Å². The molecule has 0 radical (unpaired) electrons. The Morgan fingerprint density at radius 3 is 2.86 bits per heavy atom. The van der Waals surface area contributed by atoms with Gasteiger partial charge in [-0.1, -0.05) is 0 Å². The molecule has 0 aliphatic rings. The molecule has 3 rings (SSSR count). The molecule has 1 N–H and O–H groups in total. The summed E-state index contributed by atoms with van der Waals surface area (Å²) >= 11 is 3.26. The number of aryl methyl sites for hydroxylation is 1. The Bertz CT molecular complexity index is 899. The standard InChI is InChI=1S/C13H11BrN6O2/c1-19-12-9(5-17-19)13(22)20(7-16-12)6-11(21)18-10-3-2-8(14)4-15-10/h2-5,7H,6H2,1H3,(H,15,18,21). The summed E-state index contributed by atoms with van der Waals surface area (Å²) in [5.41, 5.74) is 0.174. The van der Waals surface area contributed by atoms with Crippen molar-refractivity contribution in [1.82, 2.24) is 24.3 Å². The number of pyridine rings is 1. The summed E-state index contributed by atoms with van der Waals surface area (Å²) < 4.78 is 3.55. The Labute approximate surface area is 132 Å². The van der Waals surface area contributed by atoms with Gasteiger partial charge in [-0.3, -0.25) is 18.8 Å². The van der Waals surface area contributed by atoms with Crippen molar-refractivity contribution in [2.24, 2.45) is 7.05 Å². The number of hydrogen-bond donors (Lipinski definition) is 1. The minimum atomic E-state index is -0.359. The smallest absolute Gasteiger partial charge is 0.264 e. The number of amides is 1.